The maximum absolute atomic E-state index is 3.40. The van der Waals surface area contributed by atoms with Crippen molar-refractivity contribution in [2.75, 3.05) is 31.1 Å². The molecular weight excluding hydrogens is 208 g/mol. The number of hydrogen-bond acceptors (Lipinski definition) is 2. The third kappa shape index (κ3) is 3.22. The lowest BCUT2D eigenvalue weighted by atomic mass is 9.94. The summed E-state index contributed by atoms with van der Waals surface area (Å²) >= 11 is 0. The fourth-order valence-corrected chi connectivity index (χ4v) is 2.69. The van der Waals surface area contributed by atoms with Crippen LogP contribution in [0.3, 0.4) is 0 Å². The molecule has 17 heavy (non-hydrogen) atoms. The van der Waals surface area contributed by atoms with E-state index in [2.05, 4.69) is 48.3 Å². The third-order valence-corrected chi connectivity index (χ3v) is 3.46. The zero-order chi connectivity index (χ0) is 12.1. The summed E-state index contributed by atoms with van der Waals surface area (Å²) in [5.41, 5.74) is 2.98. The topological polar surface area (TPSA) is 15.3 Å². The van der Waals surface area contributed by atoms with Crippen LogP contribution in [0.2, 0.25) is 0 Å². The maximum atomic E-state index is 3.40. The van der Waals surface area contributed by atoms with Crippen LogP contribution in [-0.2, 0) is 6.42 Å². The van der Waals surface area contributed by atoms with Gasteiger partial charge in [0.15, 0.2) is 0 Å². The number of fused-ring (bicyclic) bond motifs is 1. The lowest BCUT2D eigenvalue weighted by Gasteiger charge is -2.35. The lowest BCUT2D eigenvalue weighted by Crippen LogP contribution is -2.36. The Bertz CT molecular complexity index is 349. The van der Waals surface area contributed by atoms with E-state index in [1.54, 1.807) is 0 Å². The van der Waals surface area contributed by atoms with Gasteiger partial charge < -0.3 is 10.2 Å². The average molecular weight is 232 g/mol. The van der Waals surface area contributed by atoms with Gasteiger partial charge in [0.05, 0.1) is 0 Å². The van der Waals surface area contributed by atoms with Crippen molar-refractivity contribution in [3.63, 3.8) is 0 Å². The molecule has 1 heterocycles. The molecule has 1 aromatic rings. The van der Waals surface area contributed by atoms with Crippen LogP contribution in [0.15, 0.2) is 24.3 Å². The fraction of sp³-hybridized carbons (Fsp3) is 0.600. The summed E-state index contributed by atoms with van der Waals surface area (Å²) in [6.45, 7) is 9.11. The van der Waals surface area contributed by atoms with E-state index in [0.717, 1.165) is 19.0 Å². The largest absolute Gasteiger partial charge is 0.371 e. The van der Waals surface area contributed by atoms with Gasteiger partial charge >= 0.3 is 0 Å². The molecule has 94 valence electrons. The molecular formula is C15H24N2. The number of nitrogens with one attached hydrogen (secondary N) is 1. The molecule has 0 radical (unpaired) electrons. The molecule has 0 aliphatic carbocycles. The molecule has 1 aromatic carbocycles. The molecule has 1 aliphatic heterocycles. The highest BCUT2D eigenvalue weighted by molar-refractivity contribution is 5.55. The Kier molecular flexibility index (Phi) is 4.43. The Morgan fingerprint density at radius 2 is 2.18 bits per heavy atom. The van der Waals surface area contributed by atoms with Crippen molar-refractivity contribution in [1.82, 2.24) is 5.32 Å². The van der Waals surface area contributed by atoms with Crippen molar-refractivity contribution in [1.29, 1.82) is 0 Å². The first-order chi connectivity index (χ1) is 8.31. The van der Waals surface area contributed by atoms with E-state index in [-0.39, 0.29) is 0 Å². The molecule has 0 bridgehead atoms. The van der Waals surface area contributed by atoms with Gasteiger partial charge in [0.25, 0.3) is 0 Å². The normalized spacial score (nSPS) is 19.2. The SMILES string of the molecule is CCNCCCN1CC(C)Cc2ccccc21. The first-order valence-corrected chi connectivity index (χ1v) is 6.85. The van der Waals surface area contributed by atoms with Crippen LogP contribution in [0.4, 0.5) is 5.69 Å². The predicted octanol–water partition coefficient (Wildman–Crippen LogP) is 2.68. The van der Waals surface area contributed by atoms with Gasteiger partial charge in [0.2, 0.25) is 0 Å². The van der Waals surface area contributed by atoms with Crippen LogP contribution in [0.5, 0.6) is 0 Å². The second-order valence-electron chi connectivity index (χ2n) is 5.09. The quantitative estimate of drug-likeness (QED) is 0.785. The Labute approximate surface area is 105 Å². The van der Waals surface area contributed by atoms with E-state index in [4.69, 9.17) is 0 Å². The second-order valence-corrected chi connectivity index (χ2v) is 5.09. The van der Waals surface area contributed by atoms with E-state index in [9.17, 15) is 0 Å². The summed E-state index contributed by atoms with van der Waals surface area (Å²) in [4.78, 5) is 2.56. The Morgan fingerprint density at radius 3 is 3.00 bits per heavy atom. The second kappa shape index (κ2) is 6.06. The minimum Gasteiger partial charge on any atom is -0.371 e. The van der Waals surface area contributed by atoms with Gasteiger partial charge in [-0.05, 0) is 43.5 Å². The molecule has 2 heteroatoms. The highest BCUT2D eigenvalue weighted by atomic mass is 15.1. The van der Waals surface area contributed by atoms with E-state index in [0.29, 0.717) is 0 Å². The predicted molar refractivity (Wildman–Crippen MR) is 74.7 cm³/mol. The molecule has 0 spiro atoms. The Morgan fingerprint density at radius 1 is 1.35 bits per heavy atom. The van der Waals surface area contributed by atoms with Crippen LogP contribution in [0.1, 0.15) is 25.8 Å². The molecule has 0 aromatic heterocycles. The summed E-state index contributed by atoms with van der Waals surface area (Å²) in [7, 11) is 0. The van der Waals surface area contributed by atoms with Gasteiger partial charge in [-0.15, -0.1) is 0 Å². The van der Waals surface area contributed by atoms with Crippen LogP contribution in [-0.4, -0.2) is 26.2 Å². The summed E-state index contributed by atoms with van der Waals surface area (Å²) in [6, 6.07) is 8.87. The van der Waals surface area contributed by atoms with Crippen LogP contribution in [0.25, 0.3) is 0 Å². The zero-order valence-corrected chi connectivity index (χ0v) is 11.1. The van der Waals surface area contributed by atoms with Gasteiger partial charge in [-0.2, -0.15) is 0 Å². The van der Waals surface area contributed by atoms with Crippen molar-refractivity contribution >= 4 is 5.69 Å². The highest BCUT2D eigenvalue weighted by Gasteiger charge is 2.20. The van der Waals surface area contributed by atoms with Crippen LogP contribution in [0, 0.1) is 5.92 Å². The van der Waals surface area contributed by atoms with E-state index >= 15 is 0 Å². The maximum Gasteiger partial charge on any atom is 0.0398 e. The first kappa shape index (κ1) is 12.4. The van der Waals surface area contributed by atoms with Gasteiger partial charge in [0, 0.05) is 18.8 Å². The molecule has 2 nitrogen and oxygen atoms in total. The third-order valence-electron chi connectivity index (χ3n) is 3.46. The number of hydrogen-bond donors (Lipinski definition) is 1. The number of nitrogens with zero attached hydrogens (tertiary/aromatic N) is 1. The van der Waals surface area contributed by atoms with E-state index in [1.165, 1.54) is 37.2 Å². The molecule has 1 aliphatic rings. The van der Waals surface area contributed by atoms with Crippen molar-refractivity contribution in [3.05, 3.63) is 29.8 Å². The molecule has 1 N–H and O–H groups in total. The molecule has 0 saturated carbocycles. The lowest BCUT2D eigenvalue weighted by molar-refractivity contribution is 0.521. The standard InChI is InChI=1S/C15H24N2/c1-3-16-9-6-10-17-12-13(2)11-14-7-4-5-8-15(14)17/h4-5,7-8,13,16H,3,6,9-12H2,1-2H3. The molecule has 1 atom stereocenters. The molecule has 0 saturated heterocycles. The number of para-hydroxylation sites is 1. The molecule has 1 unspecified atom stereocenters. The van der Waals surface area contributed by atoms with Crippen molar-refractivity contribution in [2.24, 2.45) is 5.92 Å². The van der Waals surface area contributed by atoms with Crippen molar-refractivity contribution in [3.8, 4) is 0 Å². The molecule has 0 fully saturated rings. The fourth-order valence-electron chi connectivity index (χ4n) is 2.69. The van der Waals surface area contributed by atoms with E-state index in [1.807, 2.05) is 0 Å². The van der Waals surface area contributed by atoms with Crippen LogP contribution < -0.4 is 10.2 Å². The van der Waals surface area contributed by atoms with Crippen molar-refractivity contribution in [2.45, 2.75) is 26.7 Å². The summed E-state index contributed by atoms with van der Waals surface area (Å²) < 4.78 is 0. The highest BCUT2D eigenvalue weighted by Crippen LogP contribution is 2.29. The minimum atomic E-state index is 0.782. The summed E-state index contributed by atoms with van der Waals surface area (Å²) in [6.07, 6.45) is 2.47. The first-order valence-electron chi connectivity index (χ1n) is 6.85. The minimum absolute atomic E-state index is 0.782. The smallest absolute Gasteiger partial charge is 0.0398 e. The Hall–Kier alpha value is -1.02. The number of rotatable bonds is 5. The van der Waals surface area contributed by atoms with E-state index < -0.39 is 0 Å². The molecule has 2 rings (SSSR count). The zero-order valence-electron chi connectivity index (χ0n) is 11.1. The summed E-state index contributed by atoms with van der Waals surface area (Å²) in [5, 5.41) is 3.40. The van der Waals surface area contributed by atoms with Gasteiger partial charge in [-0.1, -0.05) is 32.0 Å². The van der Waals surface area contributed by atoms with Crippen molar-refractivity contribution < 1.29 is 0 Å². The summed E-state index contributed by atoms with van der Waals surface area (Å²) in [5.74, 6) is 0.782. The Balaban J connectivity index is 1.97. The average Bonchev–Trinajstić information content (AvgIpc) is 2.34. The van der Waals surface area contributed by atoms with Crippen LogP contribution >= 0.6 is 0 Å². The molecule has 0 amide bonds. The van der Waals surface area contributed by atoms with Gasteiger partial charge in [-0.25, -0.2) is 0 Å². The monoisotopic (exact) mass is 232 g/mol. The van der Waals surface area contributed by atoms with Gasteiger partial charge in [0.1, 0.15) is 0 Å². The van der Waals surface area contributed by atoms with Gasteiger partial charge in [-0.3, -0.25) is 0 Å². The number of anilines is 1. The number of benzene rings is 1.